The third kappa shape index (κ3) is 1.69. The predicted octanol–water partition coefficient (Wildman–Crippen LogP) is 1.49. The maximum atomic E-state index is 9.75. The molecule has 1 N–H and O–H groups in total. The van der Waals surface area contributed by atoms with Crippen molar-refractivity contribution in [3.63, 3.8) is 0 Å². The second-order valence-corrected chi connectivity index (χ2v) is 4.50. The number of aryl methyl sites for hydroxylation is 2. The summed E-state index contributed by atoms with van der Waals surface area (Å²) in [5.74, 6) is 0. The highest BCUT2D eigenvalue weighted by Gasteiger charge is 2.39. The minimum atomic E-state index is -0.339. The third-order valence-electron chi connectivity index (χ3n) is 3.33. The smallest absolute Gasteiger partial charge is 0.0653 e. The van der Waals surface area contributed by atoms with E-state index in [0.29, 0.717) is 0 Å². The van der Waals surface area contributed by atoms with Crippen molar-refractivity contribution in [1.29, 1.82) is 0 Å². The molecule has 1 aliphatic carbocycles. The molecule has 2 rings (SSSR count). The first kappa shape index (κ1) is 9.71. The summed E-state index contributed by atoms with van der Waals surface area (Å²) in [6, 6.07) is 0. The summed E-state index contributed by atoms with van der Waals surface area (Å²) in [6.45, 7) is 4.13. The Labute approximate surface area is 84.7 Å². The minimum absolute atomic E-state index is 0.339. The summed E-state index contributed by atoms with van der Waals surface area (Å²) in [5.41, 5.74) is 3.31. The summed E-state index contributed by atoms with van der Waals surface area (Å²) in [4.78, 5) is 0. The molecule has 1 aromatic rings. The van der Waals surface area contributed by atoms with E-state index in [0.717, 1.165) is 31.4 Å². The highest BCUT2D eigenvalue weighted by Crippen LogP contribution is 2.39. The third-order valence-corrected chi connectivity index (χ3v) is 3.33. The van der Waals surface area contributed by atoms with Gasteiger partial charge in [0.15, 0.2) is 0 Å². The van der Waals surface area contributed by atoms with Crippen molar-refractivity contribution in [3.8, 4) is 0 Å². The molecule has 0 saturated heterocycles. The van der Waals surface area contributed by atoms with Gasteiger partial charge in [-0.2, -0.15) is 5.10 Å². The fraction of sp³-hybridized carbons (Fsp3) is 0.727. The van der Waals surface area contributed by atoms with Gasteiger partial charge in [0.25, 0.3) is 0 Å². The molecule has 3 nitrogen and oxygen atoms in total. The molecule has 3 heteroatoms. The molecule has 1 aliphatic rings. The van der Waals surface area contributed by atoms with Gasteiger partial charge in [0.05, 0.1) is 11.3 Å². The average Bonchev–Trinajstić information content (AvgIpc) is 2.78. The Balaban J connectivity index is 2.08. The van der Waals surface area contributed by atoms with E-state index in [-0.39, 0.29) is 5.60 Å². The normalized spacial score (nSPS) is 18.6. The van der Waals surface area contributed by atoms with E-state index >= 15 is 0 Å². The highest BCUT2D eigenvalue weighted by atomic mass is 16.3. The van der Waals surface area contributed by atoms with Gasteiger partial charge in [-0.15, -0.1) is 0 Å². The number of hydrogen-bond acceptors (Lipinski definition) is 2. The van der Waals surface area contributed by atoms with Gasteiger partial charge in [-0.05, 0) is 45.1 Å². The molecular formula is C11H18N2O. The molecule has 0 atom stereocenters. The Morgan fingerprint density at radius 3 is 2.50 bits per heavy atom. The minimum Gasteiger partial charge on any atom is -0.390 e. The van der Waals surface area contributed by atoms with Gasteiger partial charge in [0, 0.05) is 12.7 Å². The number of aliphatic hydroxyl groups is 1. The Hall–Kier alpha value is -0.830. The van der Waals surface area contributed by atoms with Gasteiger partial charge < -0.3 is 5.11 Å². The second-order valence-electron chi connectivity index (χ2n) is 4.50. The lowest BCUT2D eigenvalue weighted by atomic mass is 10.0. The maximum Gasteiger partial charge on any atom is 0.0653 e. The van der Waals surface area contributed by atoms with E-state index in [4.69, 9.17) is 0 Å². The molecule has 0 radical (unpaired) electrons. The summed E-state index contributed by atoms with van der Waals surface area (Å²) in [6.07, 6.45) is 3.80. The fourth-order valence-electron chi connectivity index (χ4n) is 1.93. The van der Waals surface area contributed by atoms with Crippen LogP contribution in [0, 0.1) is 13.8 Å². The largest absolute Gasteiger partial charge is 0.390 e. The first-order chi connectivity index (χ1) is 6.52. The molecule has 0 bridgehead atoms. The summed E-state index contributed by atoms with van der Waals surface area (Å²) < 4.78 is 1.92. The number of nitrogens with zero attached hydrogens (tertiary/aromatic N) is 2. The van der Waals surface area contributed by atoms with Gasteiger partial charge in [0.1, 0.15) is 0 Å². The van der Waals surface area contributed by atoms with Crippen LogP contribution in [-0.4, -0.2) is 20.5 Å². The summed E-state index contributed by atoms with van der Waals surface area (Å²) >= 11 is 0. The van der Waals surface area contributed by atoms with Crippen LogP contribution in [0.15, 0.2) is 0 Å². The quantitative estimate of drug-likeness (QED) is 0.791. The highest BCUT2D eigenvalue weighted by molar-refractivity contribution is 5.25. The first-order valence-electron chi connectivity index (χ1n) is 5.23. The standard InChI is InChI=1S/C11H18N2O/c1-8-10(9(2)13(3)12-8)4-5-11(14)6-7-11/h14H,4-7H2,1-3H3. The van der Waals surface area contributed by atoms with Gasteiger partial charge in [-0.25, -0.2) is 0 Å². The monoisotopic (exact) mass is 194 g/mol. The zero-order valence-corrected chi connectivity index (χ0v) is 9.17. The molecule has 1 heterocycles. The Kier molecular flexibility index (Phi) is 2.14. The number of hydrogen-bond donors (Lipinski definition) is 1. The SMILES string of the molecule is Cc1nn(C)c(C)c1CCC1(O)CC1. The molecule has 14 heavy (non-hydrogen) atoms. The lowest BCUT2D eigenvalue weighted by Crippen LogP contribution is -2.08. The molecular weight excluding hydrogens is 176 g/mol. The van der Waals surface area contributed by atoms with Gasteiger partial charge in [0.2, 0.25) is 0 Å². The number of rotatable bonds is 3. The van der Waals surface area contributed by atoms with Gasteiger partial charge in [-0.3, -0.25) is 4.68 Å². The van der Waals surface area contributed by atoms with Crippen LogP contribution in [0.1, 0.15) is 36.2 Å². The van der Waals surface area contributed by atoms with Crippen molar-refractivity contribution in [2.75, 3.05) is 0 Å². The van der Waals surface area contributed by atoms with E-state index in [1.807, 2.05) is 18.7 Å². The van der Waals surface area contributed by atoms with E-state index in [1.165, 1.54) is 11.3 Å². The Morgan fingerprint density at radius 2 is 2.07 bits per heavy atom. The second kappa shape index (κ2) is 3.09. The van der Waals surface area contributed by atoms with Crippen LogP contribution in [0.25, 0.3) is 0 Å². The molecule has 0 amide bonds. The maximum absolute atomic E-state index is 9.75. The average molecular weight is 194 g/mol. The molecule has 1 saturated carbocycles. The molecule has 0 spiro atoms. The van der Waals surface area contributed by atoms with Gasteiger partial charge in [-0.1, -0.05) is 0 Å². The van der Waals surface area contributed by atoms with Crippen molar-refractivity contribution in [2.24, 2.45) is 7.05 Å². The summed E-state index contributed by atoms with van der Waals surface area (Å²) in [5, 5.41) is 14.1. The van der Waals surface area contributed by atoms with Crippen molar-refractivity contribution < 1.29 is 5.11 Å². The predicted molar refractivity (Wildman–Crippen MR) is 55.2 cm³/mol. The van der Waals surface area contributed by atoms with E-state index < -0.39 is 0 Å². The Morgan fingerprint density at radius 1 is 1.43 bits per heavy atom. The molecule has 78 valence electrons. The van der Waals surface area contributed by atoms with Crippen molar-refractivity contribution in [1.82, 2.24) is 9.78 Å². The first-order valence-corrected chi connectivity index (χ1v) is 5.23. The lowest BCUT2D eigenvalue weighted by Gasteiger charge is -2.07. The van der Waals surface area contributed by atoms with Crippen LogP contribution in [0.4, 0.5) is 0 Å². The zero-order valence-electron chi connectivity index (χ0n) is 9.17. The van der Waals surface area contributed by atoms with E-state index in [2.05, 4.69) is 12.0 Å². The molecule has 1 fully saturated rings. The lowest BCUT2D eigenvalue weighted by molar-refractivity contribution is 0.140. The Bertz CT molecular complexity index is 350. The topological polar surface area (TPSA) is 38.0 Å². The zero-order chi connectivity index (χ0) is 10.3. The fourth-order valence-corrected chi connectivity index (χ4v) is 1.93. The van der Waals surface area contributed by atoms with Crippen LogP contribution >= 0.6 is 0 Å². The van der Waals surface area contributed by atoms with Crippen molar-refractivity contribution in [2.45, 2.75) is 45.1 Å². The van der Waals surface area contributed by atoms with Gasteiger partial charge >= 0.3 is 0 Å². The van der Waals surface area contributed by atoms with E-state index in [1.54, 1.807) is 0 Å². The number of aromatic nitrogens is 2. The van der Waals surface area contributed by atoms with Crippen molar-refractivity contribution >= 4 is 0 Å². The molecule has 0 unspecified atom stereocenters. The van der Waals surface area contributed by atoms with Crippen LogP contribution in [0.3, 0.4) is 0 Å². The van der Waals surface area contributed by atoms with Crippen LogP contribution in [0.5, 0.6) is 0 Å². The van der Waals surface area contributed by atoms with Crippen LogP contribution < -0.4 is 0 Å². The van der Waals surface area contributed by atoms with Crippen molar-refractivity contribution in [3.05, 3.63) is 17.0 Å². The van der Waals surface area contributed by atoms with Crippen LogP contribution in [0.2, 0.25) is 0 Å². The van der Waals surface area contributed by atoms with E-state index in [9.17, 15) is 5.11 Å². The molecule has 1 aromatic heterocycles. The summed E-state index contributed by atoms with van der Waals surface area (Å²) in [7, 11) is 1.97. The molecule has 0 aliphatic heterocycles. The van der Waals surface area contributed by atoms with Crippen LogP contribution in [-0.2, 0) is 13.5 Å². The molecule has 0 aromatic carbocycles.